The molecular formula is C10H13BrO2S. The van der Waals surface area contributed by atoms with Gasteiger partial charge in [-0.2, -0.15) is 0 Å². The number of hydrogen-bond donors (Lipinski definition) is 1. The Balaban J connectivity index is 2.21. The largest absolute Gasteiger partial charge is 0.394 e. The highest BCUT2D eigenvalue weighted by molar-refractivity contribution is 9.10. The van der Waals surface area contributed by atoms with Crippen LogP contribution in [0.25, 0.3) is 0 Å². The van der Waals surface area contributed by atoms with Crippen LogP contribution in [-0.2, 0) is 4.74 Å². The van der Waals surface area contributed by atoms with E-state index in [0.717, 1.165) is 10.2 Å². The van der Waals surface area contributed by atoms with Crippen LogP contribution in [0.2, 0.25) is 0 Å². The molecule has 0 unspecified atom stereocenters. The summed E-state index contributed by atoms with van der Waals surface area (Å²) >= 11 is 5.22. The van der Waals surface area contributed by atoms with E-state index in [1.54, 1.807) is 11.8 Å². The van der Waals surface area contributed by atoms with Crippen LogP contribution in [-0.4, -0.2) is 30.7 Å². The van der Waals surface area contributed by atoms with Crippen molar-refractivity contribution in [3.05, 3.63) is 28.7 Å². The number of ether oxygens (including phenoxy) is 1. The first kappa shape index (κ1) is 12.0. The summed E-state index contributed by atoms with van der Waals surface area (Å²) in [5.41, 5.74) is 0. The van der Waals surface area contributed by atoms with Gasteiger partial charge in [-0.25, -0.2) is 0 Å². The van der Waals surface area contributed by atoms with E-state index in [-0.39, 0.29) is 6.61 Å². The highest BCUT2D eigenvalue weighted by Crippen LogP contribution is 2.26. The van der Waals surface area contributed by atoms with Crippen LogP contribution in [0.3, 0.4) is 0 Å². The Morgan fingerprint density at radius 1 is 1.29 bits per heavy atom. The highest BCUT2D eigenvalue weighted by atomic mass is 79.9. The summed E-state index contributed by atoms with van der Waals surface area (Å²) in [5, 5.41) is 8.49. The van der Waals surface area contributed by atoms with Crippen molar-refractivity contribution in [2.45, 2.75) is 4.90 Å². The van der Waals surface area contributed by atoms with Crippen molar-refractivity contribution in [3.63, 3.8) is 0 Å². The SMILES string of the molecule is OCCOCCSc1ccccc1Br. The van der Waals surface area contributed by atoms with Gasteiger partial charge < -0.3 is 9.84 Å². The Kier molecular flexibility index (Phi) is 6.27. The molecule has 0 spiro atoms. The monoisotopic (exact) mass is 276 g/mol. The van der Waals surface area contributed by atoms with Gasteiger partial charge in [-0.15, -0.1) is 11.8 Å². The van der Waals surface area contributed by atoms with Gasteiger partial charge in [0, 0.05) is 15.1 Å². The van der Waals surface area contributed by atoms with Crippen molar-refractivity contribution < 1.29 is 9.84 Å². The standard InChI is InChI=1S/C10H13BrO2S/c11-9-3-1-2-4-10(9)14-8-7-13-6-5-12/h1-4,12H,5-8H2. The van der Waals surface area contributed by atoms with Crippen molar-refractivity contribution in [3.8, 4) is 0 Å². The maximum atomic E-state index is 8.49. The molecule has 0 atom stereocenters. The molecule has 2 nitrogen and oxygen atoms in total. The zero-order chi connectivity index (χ0) is 10.2. The average Bonchev–Trinajstić information content (AvgIpc) is 2.20. The predicted octanol–water partition coefficient (Wildman–Crippen LogP) is 2.55. The summed E-state index contributed by atoms with van der Waals surface area (Å²) in [6.45, 7) is 1.20. The summed E-state index contributed by atoms with van der Waals surface area (Å²) in [6.07, 6.45) is 0. The molecule has 0 aliphatic heterocycles. The second-order valence-corrected chi connectivity index (χ2v) is 4.61. The van der Waals surface area contributed by atoms with Gasteiger partial charge in [0.05, 0.1) is 19.8 Å². The summed E-state index contributed by atoms with van der Waals surface area (Å²) in [6, 6.07) is 8.11. The van der Waals surface area contributed by atoms with Crippen molar-refractivity contribution in [1.82, 2.24) is 0 Å². The number of aliphatic hydroxyl groups excluding tert-OH is 1. The number of rotatable bonds is 6. The minimum atomic E-state index is 0.0969. The lowest BCUT2D eigenvalue weighted by molar-refractivity contribution is 0.103. The lowest BCUT2D eigenvalue weighted by Gasteiger charge is -2.04. The number of thioether (sulfide) groups is 1. The second kappa shape index (κ2) is 7.29. The Bertz CT molecular complexity index is 268. The van der Waals surface area contributed by atoms with E-state index in [1.807, 2.05) is 18.2 Å². The smallest absolute Gasteiger partial charge is 0.0698 e. The first-order chi connectivity index (χ1) is 6.84. The van der Waals surface area contributed by atoms with Gasteiger partial charge in [0.25, 0.3) is 0 Å². The van der Waals surface area contributed by atoms with Crippen molar-refractivity contribution in [1.29, 1.82) is 0 Å². The normalized spacial score (nSPS) is 10.4. The van der Waals surface area contributed by atoms with Crippen molar-refractivity contribution in [2.24, 2.45) is 0 Å². The second-order valence-electron chi connectivity index (χ2n) is 2.61. The molecular weight excluding hydrogens is 264 g/mol. The Hall–Kier alpha value is -0.0300. The molecule has 0 radical (unpaired) electrons. The van der Waals surface area contributed by atoms with E-state index in [2.05, 4.69) is 22.0 Å². The minimum Gasteiger partial charge on any atom is -0.394 e. The number of aliphatic hydroxyl groups is 1. The molecule has 1 aromatic carbocycles. The van der Waals surface area contributed by atoms with E-state index in [4.69, 9.17) is 9.84 Å². The first-order valence-corrected chi connectivity index (χ1v) is 6.18. The molecule has 1 N–H and O–H groups in total. The van der Waals surface area contributed by atoms with Crippen LogP contribution in [0.5, 0.6) is 0 Å². The fourth-order valence-electron chi connectivity index (χ4n) is 0.939. The van der Waals surface area contributed by atoms with Gasteiger partial charge in [-0.1, -0.05) is 12.1 Å². The van der Waals surface area contributed by atoms with E-state index in [9.17, 15) is 0 Å². The molecule has 0 bridgehead atoms. The third-order valence-corrected chi connectivity index (χ3v) is 3.55. The van der Waals surface area contributed by atoms with E-state index < -0.39 is 0 Å². The average molecular weight is 277 g/mol. The van der Waals surface area contributed by atoms with Crippen LogP contribution in [0.1, 0.15) is 0 Å². The Morgan fingerprint density at radius 2 is 2.07 bits per heavy atom. The lowest BCUT2D eigenvalue weighted by Crippen LogP contribution is -2.02. The summed E-state index contributed by atoms with van der Waals surface area (Å²) in [7, 11) is 0. The predicted molar refractivity (Wildman–Crippen MR) is 62.8 cm³/mol. The maximum absolute atomic E-state index is 8.49. The Morgan fingerprint density at radius 3 is 2.79 bits per heavy atom. The summed E-state index contributed by atoms with van der Waals surface area (Å²) in [4.78, 5) is 1.22. The molecule has 0 fully saturated rings. The van der Waals surface area contributed by atoms with Crippen LogP contribution in [0.4, 0.5) is 0 Å². The van der Waals surface area contributed by atoms with Crippen LogP contribution in [0.15, 0.2) is 33.6 Å². The maximum Gasteiger partial charge on any atom is 0.0698 e. The highest BCUT2D eigenvalue weighted by Gasteiger charge is 1.98. The molecule has 0 saturated carbocycles. The number of benzene rings is 1. The first-order valence-electron chi connectivity index (χ1n) is 4.40. The quantitative estimate of drug-likeness (QED) is 0.640. The van der Waals surface area contributed by atoms with Gasteiger partial charge in [-0.05, 0) is 28.1 Å². The molecule has 0 amide bonds. The van der Waals surface area contributed by atoms with Crippen LogP contribution < -0.4 is 0 Å². The zero-order valence-corrected chi connectivity index (χ0v) is 10.2. The third-order valence-electron chi connectivity index (χ3n) is 1.56. The number of halogens is 1. The van der Waals surface area contributed by atoms with Gasteiger partial charge in [0.2, 0.25) is 0 Å². The summed E-state index contributed by atoms with van der Waals surface area (Å²) in [5.74, 6) is 0.905. The van der Waals surface area contributed by atoms with E-state index in [1.165, 1.54) is 4.90 Å². The molecule has 0 aliphatic rings. The van der Waals surface area contributed by atoms with E-state index >= 15 is 0 Å². The van der Waals surface area contributed by atoms with Crippen LogP contribution >= 0.6 is 27.7 Å². The Labute approximate surface area is 96.8 Å². The van der Waals surface area contributed by atoms with Crippen LogP contribution in [0, 0.1) is 0 Å². The fraction of sp³-hybridized carbons (Fsp3) is 0.400. The molecule has 0 aromatic heterocycles. The minimum absolute atomic E-state index is 0.0969. The molecule has 4 heteroatoms. The van der Waals surface area contributed by atoms with Gasteiger partial charge in [-0.3, -0.25) is 0 Å². The molecule has 14 heavy (non-hydrogen) atoms. The topological polar surface area (TPSA) is 29.5 Å². The molecule has 0 saturated heterocycles. The van der Waals surface area contributed by atoms with Crippen molar-refractivity contribution >= 4 is 27.7 Å². The molecule has 1 rings (SSSR count). The number of hydrogen-bond acceptors (Lipinski definition) is 3. The summed E-state index contributed by atoms with van der Waals surface area (Å²) < 4.78 is 6.28. The van der Waals surface area contributed by atoms with Gasteiger partial charge >= 0.3 is 0 Å². The fourth-order valence-corrected chi connectivity index (χ4v) is 2.37. The van der Waals surface area contributed by atoms with E-state index in [0.29, 0.717) is 13.2 Å². The van der Waals surface area contributed by atoms with Crippen molar-refractivity contribution in [2.75, 3.05) is 25.6 Å². The molecule has 0 aliphatic carbocycles. The lowest BCUT2D eigenvalue weighted by atomic mass is 10.4. The molecule has 78 valence electrons. The molecule has 0 heterocycles. The van der Waals surface area contributed by atoms with Gasteiger partial charge in [0.15, 0.2) is 0 Å². The van der Waals surface area contributed by atoms with Gasteiger partial charge in [0.1, 0.15) is 0 Å². The third kappa shape index (κ3) is 4.46. The molecule has 1 aromatic rings. The zero-order valence-electron chi connectivity index (χ0n) is 7.78.